The minimum absolute atomic E-state index is 0.0886. The monoisotopic (exact) mass is 409 g/mol. The summed E-state index contributed by atoms with van der Waals surface area (Å²) in [6, 6.07) is 23.0. The van der Waals surface area contributed by atoms with E-state index in [4.69, 9.17) is 9.51 Å². The number of carbonyl (C=O) groups excluding carboxylic acids is 1. The molecule has 0 aliphatic carbocycles. The topological polar surface area (TPSA) is 85.8 Å². The zero-order chi connectivity index (χ0) is 21.0. The van der Waals surface area contributed by atoms with Gasteiger partial charge in [0.05, 0.1) is 6.20 Å². The van der Waals surface area contributed by atoms with Crippen LogP contribution in [0, 0.1) is 0 Å². The Hall–Kier alpha value is -4.26. The molecular formula is C24H19N5O2. The third kappa shape index (κ3) is 3.93. The second-order valence-corrected chi connectivity index (χ2v) is 7.05. The van der Waals surface area contributed by atoms with Crippen molar-refractivity contribution in [2.75, 3.05) is 5.32 Å². The van der Waals surface area contributed by atoms with Gasteiger partial charge in [-0.1, -0.05) is 35.5 Å². The number of nitrogens with one attached hydrogen (secondary N) is 1. The van der Waals surface area contributed by atoms with Crippen molar-refractivity contribution >= 4 is 22.8 Å². The number of anilines is 1. The van der Waals surface area contributed by atoms with E-state index in [-0.39, 0.29) is 5.91 Å². The molecule has 5 aromatic rings. The normalized spacial score (nSPS) is 11.0. The van der Waals surface area contributed by atoms with Crippen LogP contribution in [0.4, 0.5) is 5.69 Å². The minimum Gasteiger partial charge on any atom is -0.356 e. The summed E-state index contributed by atoms with van der Waals surface area (Å²) in [6.07, 6.45) is 4.12. The number of fused-ring (bicyclic) bond motifs is 1. The SMILES string of the molecule is O=C(CCc1nc2cccnc2n1-c1ccccc1)Nc1cccc(-c2ccno2)c1. The van der Waals surface area contributed by atoms with Gasteiger partial charge in [0.2, 0.25) is 5.91 Å². The molecule has 3 aromatic heterocycles. The Bertz CT molecular complexity index is 1330. The highest BCUT2D eigenvalue weighted by Gasteiger charge is 2.15. The van der Waals surface area contributed by atoms with Gasteiger partial charge in [-0.25, -0.2) is 9.97 Å². The Balaban J connectivity index is 1.35. The van der Waals surface area contributed by atoms with Gasteiger partial charge in [-0.2, -0.15) is 0 Å². The molecule has 0 spiro atoms. The number of aromatic nitrogens is 4. The lowest BCUT2D eigenvalue weighted by Gasteiger charge is -2.09. The smallest absolute Gasteiger partial charge is 0.224 e. The fourth-order valence-corrected chi connectivity index (χ4v) is 3.54. The quantitative estimate of drug-likeness (QED) is 0.441. The molecule has 0 saturated heterocycles. The van der Waals surface area contributed by atoms with Crippen LogP contribution in [0.15, 0.2) is 89.7 Å². The predicted octanol–water partition coefficient (Wildman–Crippen LogP) is 4.65. The minimum atomic E-state index is -0.0886. The predicted molar refractivity (Wildman–Crippen MR) is 118 cm³/mol. The van der Waals surface area contributed by atoms with E-state index in [0.717, 1.165) is 28.2 Å². The molecule has 7 nitrogen and oxygen atoms in total. The van der Waals surface area contributed by atoms with Gasteiger partial charge in [-0.15, -0.1) is 0 Å². The average molecular weight is 409 g/mol. The molecule has 0 bridgehead atoms. The summed E-state index contributed by atoms with van der Waals surface area (Å²) >= 11 is 0. The van der Waals surface area contributed by atoms with Crippen molar-refractivity contribution in [3.63, 3.8) is 0 Å². The maximum atomic E-state index is 12.6. The third-order valence-corrected chi connectivity index (χ3v) is 4.94. The average Bonchev–Trinajstić information content (AvgIpc) is 3.46. The summed E-state index contributed by atoms with van der Waals surface area (Å²) in [5.74, 6) is 1.36. The second-order valence-electron chi connectivity index (χ2n) is 7.05. The molecule has 7 heteroatoms. The van der Waals surface area contributed by atoms with E-state index in [1.54, 1.807) is 18.5 Å². The lowest BCUT2D eigenvalue weighted by Crippen LogP contribution is -2.14. The summed E-state index contributed by atoms with van der Waals surface area (Å²) in [6.45, 7) is 0. The van der Waals surface area contributed by atoms with Crippen LogP contribution in [0.2, 0.25) is 0 Å². The molecule has 31 heavy (non-hydrogen) atoms. The van der Waals surface area contributed by atoms with Crippen molar-refractivity contribution in [1.82, 2.24) is 19.7 Å². The highest BCUT2D eigenvalue weighted by atomic mass is 16.5. The maximum absolute atomic E-state index is 12.6. The molecule has 0 fully saturated rings. The van der Waals surface area contributed by atoms with E-state index < -0.39 is 0 Å². The number of aryl methyl sites for hydroxylation is 1. The third-order valence-electron chi connectivity index (χ3n) is 4.94. The van der Waals surface area contributed by atoms with Crippen LogP contribution >= 0.6 is 0 Å². The van der Waals surface area contributed by atoms with E-state index in [1.807, 2.05) is 71.3 Å². The van der Waals surface area contributed by atoms with Crippen LogP contribution in [0.1, 0.15) is 12.2 Å². The number of nitrogens with zero attached hydrogens (tertiary/aromatic N) is 4. The molecule has 0 atom stereocenters. The molecule has 0 saturated carbocycles. The zero-order valence-electron chi connectivity index (χ0n) is 16.6. The summed E-state index contributed by atoms with van der Waals surface area (Å²) in [5, 5.41) is 6.68. The maximum Gasteiger partial charge on any atom is 0.224 e. The van der Waals surface area contributed by atoms with E-state index in [9.17, 15) is 4.79 Å². The van der Waals surface area contributed by atoms with Crippen LogP contribution in [0.25, 0.3) is 28.2 Å². The summed E-state index contributed by atoms with van der Waals surface area (Å²) in [5.41, 5.74) is 4.12. The van der Waals surface area contributed by atoms with Gasteiger partial charge in [0.25, 0.3) is 0 Å². The first-order chi connectivity index (χ1) is 15.3. The Morgan fingerprint density at radius 1 is 0.968 bits per heavy atom. The Kier molecular flexibility index (Phi) is 4.98. The van der Waals surface area contributed by atoms with Gasteiger partial charge in [0.15, 0.2) is 11.4 Å². The summed E-state index contributed by atoms with van der Waals surface area (Å²) in [7, 11) is 0. The van der Waals surface area contributed by atoms with Crippen molar-refractivity contribution in [3.05, 3.63) is 91.0 Å². The van der Waals surface area contributed by atoms with E-state index in [0.29, 0.717) is 24.3 Å². The molecule has 0 aliphatic rings. The van der Waals surface area contributed by atoms with Crippen molar-refractivity contribution < 1.29 is 9.32 Å². The number of imidazole rings is 1. The lowest BCUT2D eigenvalue weighted by molar-refractivity contribution is -0.116. The Morgan fingerprint density at radius 2 is 1.87 bits per heavy atom. The van der Waals surface area contributed by atoms with Gasteiger partial charge >= 0.3 is 0 Å². The van der Waals surface area contributed by atoms with E-state index in [1.165, 1.54) is 0 Å². The molecule has 152 valence electrons. The fourth-order valence-electron chi connectivity index (χ4n) is 3.54. The van der Waals surface area contributed by atoms with Crippen molar-refractivity contribution in [2.45, 2.75) is 12.8 Å². The summed E-state index contributed by atoms with van der Waals surface area (Å²) in [4.78, 5) is 21.9. The van der Waals surface area contributed by atoms with Crippen LogP contribution in [-0.2, 0) is 11.2 Å². The first-order valence-electron chi connectivity index (χ1n) is 9.97. The molecule has 0 aliphatic heterocycles. The molecule has 1 amide bonds. The van der Waals surface area contributed by atoms with Crippen LogP contribution in [-0.4, -0.2) is 25.6 Å². The van der Waals surface area contributed by atoms with Crippen LogP contribution < -0.4 is 5.32 Å². The molecule has 1 N–H and O–H groups in total. The highest BCUT2D eigenvalue weighted by molar-refractivity contribution is 5.91. The number of benzene rings is 2. The van der Waals surface area contributed by atoms with Gasteiger partial charge in [-0.3, -0.25) is 9.36 Å². The number of hydrogen-bond donors (Lipinski definition) is 1. The van der Waals surface area contributed by atoms with Crippen molar-refractivity contribution in [1.29, 1.82) is 0 Å². The number of rotatable bonds is 6. The highest BCUT2D eigenvalue weighted by Crippen LogP contribution is 2.23. The number of amides is 1. The van der Waals surface area contributed by atoms with Gasteiger partial charge in [0, 0.05) is 42.0 Å². The standard InChI is InChI=1S/C24H19N5O2/c30-23(27-18-7-4-6-17(16-18)21-13-15-26-31-21)12-11-22-28-20-10-5-14-25-24(20)29(22)19-8-2-1-3-9-19/h1-10,13-16H,11-12H2,(H,27,30). The Morgan fingerprint density at radius 3 is 2.71 bits per heavy atom. The van der Waals surface area contributed by atoms with E-state index >= 15 is 0 Å². The number of hydrogen-bond acceptors (Lipinski definition) is 5. The zero-order valence-corrected chi connectivity index (χ0v) is 16.6. The first-order valence-corrected chi connectivity index (χ1v) is 9.97. The first kappa shape index (κ1) is 18.7. The molecule has 3 heterocycles. The summed E-state index contributed by atoms with van der Waals surface area (Å²) < 4.78 is 7.20. The van der Waals surface area contributed by atoms with Crippen molar-refractivity contribution in [2.24, 2.45) is 0 Å². The van der Waals surface area contributed by atoms with Crippen LogP contribution in [0.5, 0.6) is 0 Å². The van der Waals surface area contributed by atoms with Crippen LogP contribution in [0.3, 0.4) is 0 Å². The van der Waals surface area contributed by atoms with Crippen molar-refractivity contribution in [3.8, 4) is 17.0 Å². The molecule has 5 rings (SSSR count). The molecule has 0 unspecified atom stereocenters. The lowest BCUT2D eigenvalue weighted by atomic mass is 10.1. The molecular weight excluding hydrogens is 390 g/mol. The Labute approximate surface area is 178 Å². The van der Waals surface area contributed by atoms with E-state index in [2.05, 4.69) is 15.5 Å². The number of para-hydroxylation sites is 1. The number of pyridine rings is 1. The molecule has 0 radical (unpaired) electrons. The van der Waals surface area contributed by atoms with Gasteiger partial charge in [0.1, 0.15) is 11.3 Å². The van der Waals surface area contributed by atoms with Gasteiger partial charge < -0.3 is 9.84 Å². The largest absolute Gasteiger partial charge is 0.356 e. The molecule has 2 aromatic carbocycles. The number of carbonyl (C=O) groups is 1. The van der Waals surface area contributed by atoms with Gasteiger partial charge in [-0.05, 0) is 36.4 Å². The fraction of sp³-hybridized carbons (Fsp3) is 0.0833. The second kappa shape index (κ2) is 8.23.